The van der Waals surface area contributed by atoms with E-state index in [1.807, 2.05) is 12.3 Å². The molecule has 0 fully saturated rings. The Kier molecular flexibility index (Phi) is 3.63. The molecule has 0 bridgehead atoms. The first-order valence-corrected chi connectivity index (χ1v) is 6.64. The number of aryl methyl sites for hydroxylation is 1. The van der Waals surface area contributed by atoms with Gasteiger partial charge in [0.05, 0.1) is 10.9 Å². The van der Waals surface area contributed by atoms with E-state index in [9.17, 15) is 9.18 Å². The SMILES string of the molecule is O=C(CCCn1cccn1)Nc1n[nH]c2cccc(F)c12. The highest BCUT2D eigenvalue weighted by atomic mass is 19.1. The van der Waals surface area contributed by atoms with Crippen molar-refractivity contribution in [2.45, 2.75) is 19.4 Å². The Bertz CT molecular complexity index is 750. The molecule has 0 aliphatic carbocycles. The first-order valence-electron chi connectivity index (χ1n) is 6.64. The van der Waals surface area contributed by atoms with Gasteiger partial charge in [-0.05, 0) is 24.6 Å². The summed E-state index contributed by atoms with van der Waals surface area (Å²) in [7, 11) is 0. The first kappa shape index (κ1) is 13.3. The number of carbonyl (C=O) groups is 1. The van der Waals surface area contributed by atoms with E-state index in [0.29, 0.717) is 30.3 Å². The van der Waals surface area contributed by atoms with Gasteiger partial charge < -0.3 is 5.32 Å². The number of carbonyl (C=O) groups excluding carboxylic acids is 1. The molecule has 3 aromatic rings. The summed E-state index contributed by atoms with van der Waals surface area (Å²) in [6.07, 6.45) is 4.51. The fourth-order valence-corrected chi connectivity index (χ4v) is 2.15. The lowest BCUT2D eigenvalue weighted by Crippen LogP contribution is -2.13. The van der Waals surface area contributed by atoms with Crippen molar-refractivity contribution in [3.05, 3.63) is 42.5 Å². The number of hydrogen-bond donors (Lipinski definition) is 2. The summed E-state index contributed by atoms with van der Waals surface area (Å²) >= 11 is 0. The number of benzene rings is 1. The number of nitrogens with one attached hydrogen (secondary N) is 2. The minimum absolute atomic E-state index is 0.196. The molecule has 0 atom stereocenters. The maximum absolute atomic E-state index is 13.7. The lowest BCUT2D eigenvalue weighted by molar-refractivity contribution is -0.116. The second-order valence-corrected chi connectivity index (χ2v) is 4.66. The van der Waals surface area contributed by atoms with Crippen molar-refractivity contribution in [2.24, 2.45) is 0 Å². The molecule has 1 amide bonds. The fourth-order valence-electron chi connectivity index (χ4n) is 2.15. The Morgan fingerprint density at radius 1 is 1.38 bits per heavy atom. The van der Waals surface area contributed by atoms with Crippen LogP contribution in [0, 0.1) is 5.82 Å². The van der Waals surface area contributed by atoms with Crippen LogP contribution in [0.25, 0.3) is 10.9 Å². The molecule has 21 heavy (non-hydrogen) atoms. The van der Waals surface area contributed by atoms with Crippen LogP contribution in [0.4, 0.5) is 10.2 Å². The molecule has 1 aromatic carbocycles. The average molecular weight is 287 g/mol. The highest BCUT2D eigenvalue weighted by Crippen LogP contribution is 2.23. The van der Waals surface area contributed by atoms with E-state index in [1.54, 1.807) is 23.0 Å². The van der Waals surface area contributed by atoms with Crippen molar-refractivity contribution >= 4 is 22.6 Å². The van der Waals surface area contributed by atoms with E-state index in [2.05, 4.69) is 20.6 Å². The summed E-state index contributed by atoms with van der Waals surface area (Å²) in [5.74, 6) is -0.376. The van der Waals surface area contributed by atoms with Crippen LogP contribution in [0.15, 0.2) is 36.7 Å². The highest BCUT2D eigenvalue weighted by molar-refractivity contribution is 5.99. The third-order valence-corrected chi connectivity index (χ3v) is 3.15. The molecular formula is C14H14FN5O. The van der Waals surface area contributed by atoms with Gasteiger partial charge in [-0.25, -0.2) is 4.39 Å². The maximum atomic E-state index is 13.7. The van der Waals surface area contributed by atoms with Crippen LogP contribution in [0.2, 0.25) is 0 Å². The topological polar surface area (TPSA) is 75.6 Å². The summed E-state index contributed by atoms with van der Waals surface area (Å²) in [6, 6.07) is 6.47. The molecule has 0 aliphatic heterocycles. The number of aromatic amines is 1. The molecule has 2 aromatic heterocycles. The number of aromatic nitrogens is 4. The van der Waals surface area contributed by atoms with E-state index in [1.165, 1.54) is 6.07 Å². The molecule has 0 unspecified atom stereocenters. The zero-order valence-electron chi connectivity index (χ0n) is 11.2. The molecule has 2 N–H and O–H groups in total. The molecule has 0 saturated heterocycles. The van der Waals surface area contributed by atoms with Crippen LogP contribution < -0.4 is 5.32 Å². The molecule has 6 nitrogen and oxygen atoms in total. The van der Waals surface area contributed by atoms with Gasteiger partial charge >= 0.3 is 0 Å². The summed E-state index contributed by atoms with van der Waals surface area (Å²) in [5, 5.41) is 13.6. The molecule has 0 aliphatic rings. The number of halogens is 1. The Morgan fingerprint density at radius 3 is 3.10 bits per heavy atom. The van der Waals surface area contributed by atoms with Crippen LogP contribution in [0.3, 0.4) is 0 Å². The number of anilines is 1. The summed E-state index contributed by atoms with van der Waals surface area (Å²) in [6.45, 7) is 0.663. The molecule has 0 spiro atoms. The monoisotopic (exact) mass is 287 g/mol. The van der Waals surface area contributed by atoms with Crippen molar-refractivity contribution in [3.8, 4) is 0 Å². The first-order chi connectivity index (χ1) is 10.2. The lowest BCUT2D eigenvalue weighted by atomic mass is 10.2. The van der Waals surface area contributed by atoms with Gasteiger partial charge in [0.15, 0.2) is 5.82 Å². The third kappa shape index (κ3) is 2.91. The molecule has 7 heteroatoms. The maximum Gasteiger partial charge on any atom is 0.225 e. The van der Waals surface area contributed by atoms with Crippen molar-refractivity contribution in [2.75, 3.05) is 5.32 Å². The predicted octanol–water partition coefficient (Wildman–Crippen LogP) is 2.32. The Hall–Kier alpha value is -2.70. The van der Waals surface area contributed by atoms with Gasteiger partial charge in [-0.2, -0.15) is 10.2 Å². The largest absolute Gasteiger partial charge is 0.309 e. The third-order valence-electron chi connectivity index (χ3n) is 3.15. The number of fused-ring (bicyclic) bond motifs is 1. The van der Waals surface area contributed by atoms with Gasteiger partial charge in [-0.3, -0.25) is 14.6 Å². The smallest absolute Gasteiger partial charge is 0.225 e. The van der Waals surface area contributed by atoms with Crippen LogP contribution in [-0.2, 0) is 11.3 Å². The molecule has 0 radical (unpaired) electrons. The van der Waals surface area contributed by atoms with Crippen molar-refractivity contribution in [3.63, 3.8) is 0 Å². The molecular weight excluding hydrogens is 273 g/mol. The van der Waals surface area contributed by atoms with Gasteiger partial charge in [0.25, 0.3) is 0 Å². The van der Waals surface area contributed by atoms with Crippen molar-refractivity contribution in [1.29, 1.82) is 0 Å². The average Bonchev–Trinajstić information content (AvgIpc) is 3.10. The molecule has 108 valence electrons. The number of nitrogens with zero attached hydrogens (tertiary/aromatic N) is 3. The molecule has 3 rings (SSSR count). The fraction of sp³-hybridized carbons (Fsp3) is 0.214. The number of amides is 1. The van der Waals surface area contributed by atoms with Crippen LogP contribution in [0.5, 0.6) is 0 Å². The normalized spacial score (nSPS) is 10.9. The predicted molar refractivity (Wildman–Crippen MR) is 76.1 cm³/mol. The Morgan fingerprint density at radius 2 is 2.29 bits per heavy atom. The van der Waals surface area contributed by atoms with Gasteiger partial charge in [0.2, 0.25) is 5.91 Å². The molecule has 2 heterocycles. The standard InChI is InChI=1S/C14H14FN5O/c15-10-4-1-5-11-13(10)14(19-18-11)17-12(21)6-2-8-20-9-3-7-16-20/h1,3-5,7,9H,2,6,8H2,(H2,17,18,19,21). The van der Waals surface area contributed by atoms with Gasteiger partial charge in [-0.15, -0.1) is 0 Å². The van der Waals surface area contributed by atoms with E-state index in [4.69, 9.17) is 0 Å². The van der Waals surface area contributed by atoms with E-state index >= 15 is 0 Å². The number of H-pyrrole nitrogens is 1. The van der Waals surface area contributed by atoms with Gasteiger partial charge in [0, 0.05) is 25.4 Å². The quantitative estimate of drug-likeness (QED) is 0.756. The van der Waals surface area contributed by atoms with E-state index in [-0.39, 0.29) is 11.7 Å². The summed E-state index contributed by atoms with van der Waals surface area (Å²) < 4.78 is 15.5. The minimum Gasteiger partial charge on any atom is -0.309 e. The summed E-state index contributed by atoms with van der Waals surface area (Å²) in [5.41, 5.74) is 0.557. The Balaban J connectivity index is 1.61. The van der Waals surface area contributed by atoms with Crippen LogP contribution in [-0.4, -0.2) is 25.9 Å². The Labute approximate surface area is 120 Å². The zero-order valence-corrected chi connectivity index (χ0v) is 11.2. The number of rotatable bonds is 5. The van der Waals surface area contributed by atoms with Crippen molar-refractivity contribution in [1.82, 2.24) is 20.0 Å². The van der Waals surface area contributed by atoms with Gasteiger partial charge in [-0.1, -0.05) is 6.07 Å². The molecule has 0 saturated carbocycles. The zero-order chi connectivity index (χ0) is 14.7. The second kappa shape index (κ2) is 5.74. The van der Waals surface area contributed by atoms with Crippen LogP contribution in [0.1, 0.15) is 12.8 Å². The van der Waals surface area contributed by atoms with Crippen LogP contribution >= 0.6 is 0 Å². The van der Waals surface area contributed by atoms with Crippen molar-refractivity contribution < 1.29 is 9.18 Å². The van der Waals surface area contributed by atoms with E-state index < -0.39 is 5.82 Å². The summed E-state index contributed by atoms with van der Waals surface area (Å²) in [4.78, 5) is 11.9. The van der Waals surface area contributed by atoms with E-state index in [0.717, 1.165) is 0 Å². The minimum atomic E-state index is -0.409. The van der Waals surface area contributed by atoms with Gasteiger partial charge in [0.1, 0.15) is 5.82 Å². The highest BCUT2D eigenvalue weighted by Gasteiger charge is 2.12. The number of hydrogen-bond acceptors (Lipinski definition) is 3. The lowest BCUT2D eigenvalue weighted by Gasteiger charge is -2.03. The second-order valence-electron chi connectivity index (χ2n) is 4.66.